The highest BCUT2D eigenvalue weighted by atomic mass is 14.9. The van der Waals surface area contributed by atoms with Crippen LogP contribution in [0.15, 0.2) is 36.5 Å². The van der Waals surface area contributed by atoms with Crippen LogP contribution in [0.25, 0.3) is 10.9 Å². The van der Waals surface area contributed by atoms with Crippen LogP contribution in [0, 0.1) is 5.92 Å². The molecule has 1 atom stereocenters. The topological polar surface area (TPSA) is 24.9 Å². The number of hydrogen-bond donors (Lipinski definition) is 1. The van der Waals surface area contributed by atoms with Crippen molar-refractivity contribution < 1.29 is 0 Å². The quantitative estimate of drug-likeness (QED) is 0.885. The first kappa shape index (κ1) is 13.6. The van der Waals surface area contributed by atoms with Crippen molar-refractivity contribution in [3.05, 3.63) is 42.1 Å². The summed E-state index contributed by atoms with van der Waals surface area (Å²) in [6.45, 7) is 3.23. The Morgan fingerprint density at radius 3 is 2.75 bits per heavy atom. The average molecular weight is 268 g/mol. The summed E-state index contributed by atoms with van der Waals surface area (Å²) < 4.78 is 0. The molecule has 1 aliphatic rings. The molecule has 1 fully saturated rings. The molecule has 1 aromatic heterocycles. The van der Waals surface area contributed by atoms with Crippen LogP contribution in [0.2, 0.25) is 0 Å². The number of rotatable bonds is 4. The Morgan fingerprint density at radius 2 is 1.95 bits per heavy atom. The smallest absolute Gasteiger partial charge is 0.0705 e. The fourth-order valence-electron chi connectivity index (χ4n) is 3.61. The van der Waals surface area contributed by atoms with E-state index in [9.17, 15) is 0 Å². The lowest BCUT2D eigenvalue weighted by Gasteiger charge is -2.31. The van der Waals surface area contributed by atoms with Gasteiger partial charge >= 0.3 is 0 Å². The van der Waals surface area contributed by atoms with Crippen LogP contribution in [-0.4, -0.2) is 11.5 Å². The van der Waals surface area contributed by atoms with E-state index < -0.39 is 0 Å². The fraction of sp³-hybridized carbons (Fsp3) is 0.500. The maximum atomic E-state index is 4.50. The molecule has 0 saturated heterocycles. The Balaban J connectivity index is 2.00. The van der Waals surface area contributed by atoms with Crippen LogP contribution in [-0.2, 0) is 0 Å². The van der Waals surface area contributed by atoms with Crippen LogP contribution in [0.4, 0.5) is 0 Å². The summed E-state index contributed by atoms with van der Waals surface area (Å²) in [4.78, 5) is 4.50. The molecule has 1 aliphatic carbocycles. The molecule has 1 heterocycles. The highest BCUT2D eigenvalue weighted by Gasteiger charge is 2.25. The Labute approximate surface area is 121 Å². The summed E-state index contributed by atoms with van der Waals surface area (Å²) in [6, 6.07) is 11.2. The van der Waals surface area contributed by atoms with E-state index in [0.717, 1.165) is 18.0 Å². The molecular formula is C18H24N2. The average Bonchev–Trinajstić information content (AvgIpc) is 2.53. The molecule has 2 aromatic rings. The highest BCUT2D eigenvalue weighted by Crippen LogP contribution is 2.36. The molecule has 1 N–H and O–H groups in total. The third kappa shape index (κ3) is 2.71. The minimum absolute atomic E-state index is 0.480. The lowest BCUT2D eigenvalue weighted by molar-refractivity contribution is 0.275. The van der Waals surface area contributed by atoms with Crippen molar-refractivity contribution in [3.63, 3.8) is 0 Å². The Morgan fingerprint density at radius 1 is 1.15 bits per heavy atom. The minimum Gasteiger partial charge on any atom is -0.310 e. The lowest BCUT2D eigenvalue weighted by Crippen LogP contribution is -2.29. The van der Waals surface area contributed by atoms with E-state index >= 15 is 0 Å². The van der Waals surface area contributed by atoms with Crippen LogP contribution < -0.4 is 5.32 Å². The van der Waals surface area contributed by atoms with Crippen LogP contribution in [0.5, 0.6) is 0 Å². The summed E-state index contributed by atoms with van der Waals surface area (Å²) >= 11 is 0. The van der Waals surface area contributed by atoms with Crippen LogP contribution in [0.3, 0.4) is 0 Å². The van der Waals surface area contributed by atoms with Crippen molar-refractivity contribution in [2.24, 2.45) is 5.92 Å². The van der Waals surface area contributed by atoms with Gasteiger partial charge in [0.05, 0.1) is 5.52 Å². The van der Waals surface area contributed by atoms with Gasteiger partial charge in [-0.25, -0.2) is 0 Å². The largest absolute Gasteiger partial charge is 0.310 e. The Bertz CT molecular complexity index is 553. The van der Waals surface area contributed by atoms with E-state index in [-0.39, 0.29) is 0 Å². The third-order valence-corrected chi connectivity index (χ3v) is 4.56. The van der Waals surface area contributed by atoms with E-state index in [1.165, 1.54) is 43.1 Å². The second-order valence-electron chi connectivity index (χ2n) is 5.85. The zero-order valence-corrected chi connectivity index (χ0v) is 12.3. The number of fused-ring (bicyclic) bond motifs is 1. The summed E-state index contributed by atoms with van der Waals surface area (Å²) in [5.41, 5.74) is 2.55. The van der Waals surface area contributed by atoms with Gasteiger partial charge in [-0.3, -0.25) is 4.98 Å². The lowest BCUT2D eigenvalue weighted by atomic mass is 9.80. The number of benzene rings is 1. The molecule has 1 aromatic carbocycles. The molecule has 1 saturated carbocycles. The van der Waals surface area contributed by atoms with Gasteiger partial charge in [0, 0.05) is 17.6 Å². The first-order valence-corrected chi connectivity index (χ1v) is 7.97. The van der Waals surface area contributed by atoms with E-state index in [4.69, 9.17) is 0 Å². The van der Waals surface area contributed by atoms with E-state index in [1.807, 2.05) is 6.20 Å². The van der Waals surface area contributed by atoms with Gasteiger partial charge < -0.3 is 5.32 Å². The van der Waals surface area contributed by atoms with E-state index in [1.54, 1.807) is 0 Å². The highest BCUT2D eigenvalue weighted by molar-refractivity contribution is 5.82. The zero-order valence-electron chi connectivity index (χ0n) is 12.3. The Kier molecular flexibility index (Phi) is 4.31. The molecule has 20 heavy (non-hydrogen) atoms. The third-order valence-electron chi connectivity index (χ3n) is 4.56. The van der Waals surface area contributed by atoms with Gasteiger partial charge in [0.15, 0.2) is 0 Å². The second kappa shape index (κ2) is 6.36. The minimum atomic E-state index is 0.480. The number of nitrogens with zero attached hydrogens (tertiary/aromatic N) is 1. The second-order valence-corrected chi connectivity index (χ2v) is 5.85. The molecule has 0 spiro atoms. The maximum absolute atomic E-state index is 4.50. The monoisotopic (exact) mass is 268 g/mol. The van der Waals surface area contributed by atoms with Crippen molar-refractivity contribution in [2.75, 3.05) is 6.54 Å². The zero-order chi connectivity index (χ0) is 13.8. The van der Waals surface area contributed by atoms with Crippen LogP contribution >= 0.6 is 0 Å². The van der Waals surface area contributed by atoms with E-state index in [2.05, 4.69) is 47.6 Å². The number of hydrogen-bond acceptors (Lipinski definition) is 2. The molecule has 3 rings (SSSR count). The van der Waals surface area contributed by atoms with Gasteiger partial charge in [0.2, 0.25) is 0 Å². The van der Waals surface area contributed by atoms with Crippen molar-refractivity contribution >= 4 is 10.9 Å². The van der Waals surface area contributed by atoms with Gasteiger partial charge in [-0.15, -0.1) is 0 Å². The van der Waals surface area contributed by atoms with Gasteiger partial charge in [0.1, 0.15) is 0 Å². The van der Waals surface area contributed by atoms with Gasteiger partial charge in [-0.1, -0.05) is 44.4 Å². The summed E-state index contributed by atoms with van der Waals surface area (Å²) in [5, 5.41) is 5.04. The van der Waals surface area contributed by atoms with Gasteiger partial charge in [-0.2, -0.15) is 0 Å². The Hall–Kier alpha value is -1.41. The number of nitrogens with one attached hydrogen (secondary N) is 1. The number of para-hydroxylation sites is 1. The summed E-state index contributed by atoms with van der Waals surface area (Å²) in [7, 11) is 0. The molecular weight excluding hydrogens is 244 g/mol. The summed E-state index contributed by atoms with van der Waals surface area (Å²) in [5.74, 6) is 0.773. The van der Waals surface area contributed by atoms with E-state index in [0.29, 0.717) is 6.04 Å². The molecule has 0 aliphatic heterocycles. The number of pyridine rings is 1. The van der Waals surface area contributed by atoms with Crippen molar-refractivity contribution in [2.45, 2.75) is 45.1 Å². The first-order valence-electron chi connectivity index (χ1n) is 7.97. The van der Waals surface area contributed by atoms with Gasteiger partial charge in [0.25, 0.3) is 0 Å². The predicted molar refractivity (Wildman–Crippen MR) is 84.7 cm³/mol. The molecule has 2 heteroatoms. The summed E-state index contributed by atoms with van der Waals surface area (Å²) in [6.07, 6.45) is 8.85. The normalized spacial score (nSPS) is 18.2. The predicted octanol–water partition coefficient (Wildman–Crippen LogP) is 4.47. The van der Waals surface area contributed by atoms with Crippen LogP contribution in [0.1, 0.15) is 50.6 Å². The molecule has 0 amide bonds. The van der Waals surface area contributed by atoms with Crippen molar-refractivity contribution in [3.8, 4) is 0 Å². The molecule has 0 bridgehead atoms. The SMILES string of the molecule is CCNC(c1ccnc2ccccc12)C1CCCCC1. The number of aromatic nitrogens is 1. The molecule has 0 radical (unpaired) electrons. The maximum Gasteiger partial charge on any atom is 0.0705 e. The first-order chi connectivity index (χ1) is 9.90. The van der Waals surface area contributed by atoms with Gasteiger partial charge in [-0.05, 0) is 43.0 Å². The molecule has 1 unspecified atom stereocenters. The van der Waals surface area contributed by atoms with Crippen molar-refractivity contribution in [1.29, 1.82) is 0 Å². The molecule has 2 nitrogen and oxygen atoms in total. The fourth-order valence-corrected chi connectivity index (χ4v) is 3.61. The molecule has 106 valence electrons. The standard InChI is InChI=1S/C18H24N2/c1-2-19-18(14-8-4-3-5-9-14)16-12-13-20-17-11-7-6-10-15(16)17/h6-7,10-14,18-19H,2-5,8-9H2,1H3. The van der Waals surface area contributed by atoms with Crippen molar-refractivity contribution in [1.82, 2.24) is 10.3 Å².